The van der Waals surface area contributed by atoms with Gasteiger partial charge in [-0.2, -0.15) is 31.1 Å². The lowest BCUT2D eigenvalue weighted by Gasteiger charge is -2.56. The largest absolute Gasteiger partial charge is 0.481 e. The minimum atomic E-state index is 0.470. The van der Waals surface area contributed by atoms with Crippen LogP contribution in [0, 0.1) is 34.0 Å². The number of nitriles is 3. The van der Waals surface area contributed by atoms with Gasteiger partial charge in [0.1, 0.15) is 35.7 Å². The number of likely N-dealkylation sites (tertiary alicyclic amines) is 1. The van der Waals surface area contributed by atoms with Gasteiger partial charge in [-0.3, -0.25) is 24.7 Å². The van der Waals surface area contributed by atoms with Crippen LogP contribution in [-0.2, 0) is 19.6 Å². The van der Waals surface area contributed by atoms with Crippen LogP contribution in [0.4, 0.5) is 17.5 Å². The van der Waals surface area contributed by atoms with E-state index in [-0.39, 0.29) is 0 Å². The maximum Gasteiger partial charge on any atom is 0.212 e. The van der Waals surface area contributed by atoms with Crippen molar-refractivity contribution in [1.82, 2.24) is 88.3 Å². The molecule has 27 nitrogen and oxygen atoms in total. The molecule has 0 aromatic carbocycles. The highest BCUT2D eigenvalue weighted by Crippen LogP contribution is 2.46. The lowest BCUT2D eigenvalue weighted by atomic mass is 9.87. The molecule has 2 saturated carbocycles. The van der Waals surface area contributed by atoms with Crippen molar-refractivity contribution in [2.24, 2.45) is 0 Å². The summed E-state index contributed by atoms with van der Waals surface area (Å²) in [5.41, 5.74) is 17.0. The Kier molecular flexibility index (Phi) is 18.6. The van der Waals surface area contributed by atoms with Crippen molar-refractivity contribution >= 4 is 34.0 Å². The number of nitrogens with zero attached hydrogens (tertiary/aromatic N) is 24. The molecule has 0 N–H and O–H groups in total. The Labute approximate surface area is 648 Å². The van der Waals surface area contributed by atoms with Gasteiger partial charge in [-0.25, -0.2) is 43.5 Å². The monoisotopic (exact) mass is 1490 g/mol. The molecule has 564 valence electrons. The number of hydrogen-bond donors (Lipinski definition) is 0. The van der Waals surface area contributed by atoms with Crippen LogP contribution in [0.25, 0.3) is 50.2 Å². The summed E-state index contributed by atoms with van der Waals surface area (Å²) >= 11 is 0. The van der Waals surface area contributed by atoms with E-state index in [0.717, 1.165) is 152 Å². The molecule has 24 rings (SSSR count). The highest BCUT2D eigenvalue weighted by atomic mass is 16.5. The number of ether oxygens (including phenoxy) is 3. The molecule has 10 aliphatic heterocycles. The molecule has 0 spiro atoms. The zero-order chi connectivity index (χ0) is 75.7. The maximum absolute atomic E-state index is 9.76. The third-order valence-electron chi connectivity index (χ3n) is 24.6. The molecule has 2 aliphatic carbocycles. The number of aromatic nitrogens is 14. The standard InChI is InChI=1S/C30H33N9O.C28H27N7O.C27H26N8O/c1-36-7-5-21(6-8-36)22-9-26(30-23(11-31)13-35-39(30)17-22)27-14-33-28(15-32-27)37-18-24-10-25(19-37)38(24)16-20-3-4-29(40-2)34-12-20;1-36-27-7-2-18(11-31-27)14-34-23-9-24(34)17-33(16-23)26-6-5-20(12-30-26)25-8-21(19-3-4-19)15-35-28(25)22(10-29)13-32-35;1-36-26-5-2-17(9-31-26)13-34-21-7-22(34)16-33(15-21)25-12-29-24(11-30-25)23-6-19(18-3-4-18)14-35-27(23)20(8-28)10-32-35/h3-4,9,12-15,17,21,24-25H,5-8,10,16,18-19H2,1-2H3;2,5-8,11-13,15,19,23-24H,3-4,9,14,16-17H2,1H3;2,5-6,9-12,14,18,21-22H,3-4,7,13,15-16H2,1H3. The molecule has 12 aromatic heterocycles. The summed E-state index contributed by atoms with van der Waals surface area (Å²) in [5.74, 6) is 6.42. The van der Waals surface area contributed by atoms with Crippen LogP contribution in [0.2, 0.25) is 0 Å². The van der Waals surface area contributed by atoms with Crippen molar-refractivity contribution in [2.75, 3.05) is 95.4 Å². The van der Waals surface area contributed by atoms with Crippen LogP contribution < -0.4 is 28.9 Å². The molecule has 112 heavy (non-hydrogen) atoms. The number of methoxy groups -OCH3 is 3. The van der Waals surface area contributed by atoms with Gasteiger partial charge in [0.2, 0.25) is 17.6 Å². The van der Waals surface area contributed by atoms with Crippen molar-refractivity contribution < 1.29 is 14.2 Å². The Morgan fingerprint density at radius 2 is 0.732 bits per heavy atom. The predicted molar refractivity (Wildman–Crippen MR) is 421 cm³/mol. The Hall–Kier alpha value is -12.1. The first-order valence-corrected chi connectivity index (χ1v) is 39.0. The van der Waals surface area contributed by atoms with Crippen LogP contribution in [0.15, 0.2) is 153 Å². The zero-order valence-electron chi connectivity index (χ0n) is 63.2. The predicted octanol–water partition coefficient (Wildman–Crippen LogP) is 10.8. The summed E-state index contributed by atoms with van der Waals surface area (Å²) in [6.45, 7) is 10.6. The molecular formula is C85H86N24O3. The van der Waals surface area contributed by atoms with E-state index < -0.39 is 0 Å². The van der Waals surface area contributed by atoms with Gasteiger partial charge in [0.15, 0.2) is 0 Å². The first kappa shape index (κ1) is 70.3. The van der Waals surface area contributed by atoms with Crippen LogP contribution in [0.5, 0.6) is 17.6 Å². The SMILES string of the molecule is COc1ccc(CN2C3CC2CN(c2ccc(-c4cc(C5CC5)cn5ncc(C#N)c45)cn2)C3)cn1.COc1ccc(CN2C3CC2CN(c2cnc(-c4cc(C5CC5)cn5ncc(C#N)c45)cn2)C3)cn1.COc1ccc(CN2C3CC2CN(c2cnc(-c4cc(C5CCN(C)CC5)cn5ncc(C#N)c45)cn2)C3)cn1. The Balaban J connectivity index is 0.000000113. The molecule has 0 radical (unpaired) electrons. The van der Waals surface area contributed by atoms with Crippen molar-refractivity contribution in [3.05, 3.63) is 204 Å². The van der Waals surface area contributed by atoms with Gasteiger partial charge in [0.25, 0.3) is 0 Å². The van der Waals surface area contributed by atoms with E-state index in [1.165, 1.54) is 78.3 Å². The smallest absolute Gasteiger partial charge is 0.212 e. The molecule has 12 fully saturated rings. The molecule has 12 aromatic rings. The summed E-state index contributed by atoms with van der Waals surface area (Å²) in [4.78, 5) is 54.4. The van der Waals surface area contributed by atoms with Crippen molar-refractivity contribution in [3.8, 4) is 69.5 Å². The number of piperidine rings is 4. The lowest BCUT2D eigenvalue weighted by Crippen LogP contribution is -2.68. The fraction of sp³-hybridized carbons (Fsp3) is 0.388. The topological polar surface area (TPSA) is 277 Å². The van der Waals surface area contributed by atoms with E-state index in [9.17, 15) is 15.8 Å². The number of rotatable bonds is 18. The first-order valence-electron chi connectivity index (χ1n) is 39.0. The van der Waals surface area contributed by atoms with Gasteiger partial charge in [-0.15, -0.1) is 0 Å². The molecule has 6 unspecified atom stereocenters. The van der Waals surface area contributed by atoms with Gasteiger partial charge in [0.05, 0.1) is 109 Å². The van der Waals surface area contributed by atoms with Crippen molar-refractivity contribution in [2.45, 2.75) is 131 Å². The van der Waals surface area contributed by atoms with Crippen LogP contribution in [0.1, 0.15) is 126 Å². The zero-order valence-corrected chi connectivity index (χ0v) is 63.2. The van der Waals surface area contributed by atoms with Crippen LogP contribution in [0.3, 0.4) is 0 Å². The minimum absolute atomic E-state index is 0.470. The van der Waals surface area contributed by atoms with E-state index in [1.807, 2.05) is 87.5 Å². The fourth-order valence-corrected chi connectivity index (χ4v) is 18.0. The molecule has 27 heteroatoms. The second-order valence-corrected chi connectivity index (χ2v) is 31.5. The van der Waals surface area contributed by atoms with Gasteiger partial charge < -0.3 is 33.8 Å². The average Bonchev–Trinajstić information content (AvgIpc) is 0.988. The van der Waals surface area contributed by atoms with Gasteiger partial charge in [-0.1, -0.05) is 18.2 Å². The normalized spacial score (nSPS) is 21.5. The van der Waals surface area contributed by atoms with Crippen LogP contribution >= 0.6 is 0 Å². The number of hydrogen-bond acceptors (Lipinski definition) is 24. The summed E-state index contributed by atoms with van der Waals surface area (Å²) in [7, 11) is 7.10. The van der Waals surface area contributed by atoms with Gasteiger partial charge in [-0.05, 0) is 159 Å². The lowest BCUT2D eigenvalue weighted by molar-refractivity contribution is -0.00881. The second kappa shape index (κ2) is 29.6. The van der Waals surface area contributed by atoms with E-state index in [4.69, 9.17) is 39.1 Å². The number of fused-ring (bicyclic) bond motifs is 9. The summed E-state index contributed by atoms with van der Waals surface area (Å²) in [6, 6.07) is 32.9. The Morgan fingerprint density at radius 1 is 0.375 bits per heavy atom. The highest BCUT2D eigenvalue weighted by molar-refractivity contribution is 5.86. The molecule has 0 amide bonds. The van der Waals surface area contributed by atoms with E-state index >= 15 is 0 Å². The molecular weight excluding hydrogens is 1410 g/mol. The number of pyridine rings is 7. The quantitative estimate of drug-likeness (QED) is 0.0772. The van der Waals surface area contributed by atoms with E-state index in [0.29, 0.717) is 88.3 Å². The second-order valence-electron chi connectivity index (χ2n) is 31.5. The molecule has 12 aliphatic rings. The molecule has 6 atom stereocenters. The summed E-state index contributed by atoms with van der Waals surface area (Å²) in [5, 5.41) is 42.4. The first-order chi connectivity index (χ1) is 55.0. The maximum atomic E-state index is 9.76. The van der Waals surface area contributed by atoms with Crippen LogP contribution in [-0.4, -0.2) is 205 Å². The van der Waals surface area contributed by atoms with Gasteiger partial charge >= 0.3 is 0 Å². The van der Waals surface area contributed by atoms with E-state index in [1.54, 1.807) is 39.9 Å². The van der Waals surface area contributed by atoms with Crippen molar-refractivity contribution in [1.29, 1.82) is 15.8 Å². The molecule has 10 saturated heterocycles. The van der Waals surface area contributed by atoms with Crippen molar-refractivity contribution in [3.63, 3.8) is 0 Å². The highest BCUT2D eigenvalue weighted by Gasteiger charge is 2.47. The molecule has 6 bridgehead atoms. The number of anilines is 3. The minimum Gasteiger partial charge on any atom is -0.481 e. The average molecular weight is 1490 g/mol. The van der Waals surface area contributed by atoms with Gasteiger partial charge in [0, 0.05) is 179 Å². The Bertz CT molecular complexity index is 5320. The van der Waals surface area contributed by atoms with E-state index in [2.05, 4.69) is 151 Å². The Morgan fingerprint density at radius 3 is 1.05 bits per heavy atom. The third kappa shape index (κ3) is 13.7. The molecule has 22 heterocycles. The third-order valence-corrected chi connectivity index (χ3v) is 24.6. The fourth-order valence-electron chi connectivity index (χ4n) is 18.0. The number of piperazine rings is 3. The summed E-state index contributed by atoms with van der Waals surface area (Å²) < 4.78 is 21.1. The summed E-state index contributed by atoms with van der Waals surface area (Å²) in [6.07, 6.45) is 37.0.